The van der Waals surface area contributed by atoms with E-state index in [0.29, 0.717) is 18.0 Å². The number of likely N-dealkylation sites (tertiary alicyclic amines) is 1. The zero-order chi connectivity index (χ0) is 14.5. The summed E-state index contributed by atoms with van der Waals surface area (Å²) in [7, 11) is 2.22. The van der Waals surface area contributed by atoms with Crippen molar-refractivity contribution in [1.29, 1.82) is 0 Å². The van der Waals surface area contributed by atoms with E-state index in [1.807, 2.05) is 12.1 Å². The number of nitrogens with one attached hydrogen (secondary N) is 1. The molecule has 0 aromatic heterocycles. The molecule has 3 heteroatoms. The van der Waals surface area contributed by atoms with Gasteiger partial charge in [0.15, 0.2) is 0 Å². The van der Waals surface area contributed by atoms with E-state index in [1.165, 1.54) is 37.9 Å². The van der Waals surface area contributed by atoms with Gasteiger partial charge in [-0.25, -0.2) is 0 Å². The minimum Gasteiger partial charge on any atom is -0.307 e. The molecule has 1 aliphatic heterocycles. The Balaban J connectivity index is 2.03. The molecule has 2 atom stereocenters. The van der Waals surface area contributed by atoms with Crippen LogP contribution in [0.5, 0.6) is 0 Å². The molecule has 1 fully saturated rings. The fraction of sp³-hybridized carbons (Fsp3) is 0.647. The summed E-state index contributed by atoms with van der Waals surface area (Å²) in [6.45, 7) is 7.00. The van der Waals surface area contributed by atoms with Gasteiger partial charge in [0.2, 0.25) is 0 Å². The summed E-state index contributed by atoms with van der Waals surface area (Å²) in [4.78, 5) is 2.44. The van der Waals surface area contributed by atoms with Crippen LogP contribution in [0, 0.1) is 5.92 Å². The highest BCUT2D eigenvalue weighted by atomic mass is 35.5. The Hall–Kier alpha value is -0.570. The highest BCUT2D eigenvalue weighted by Crippen LogP contribution is 2.25. The summed E-state index contributed by atoms with van der Waals surface area (Å²) >= 11 is 6.00. The number of nitrogens with zero attached hydrogens (tertiary/aromatic N) is 1. The predicted octanol–water partition coefficient (Wildman–Crippen LogP) is 4.11. The van der Waals surface area contributed by atoms with E-state index in [1.54, 1.807) is 0 Å². The maximum Gasteiger partial charge on any atom is 0.0406 e. The number of hydrogen-bond acceptors (Lipinski definition) is 2. The van der Waals surface area contributed by atoms with Gasteiger partial charge in [0.25, 0.3) is 0 Å². The van der Waals surface area contributed by atoms with Crippen molar-refractivity contribution in [2.75, 3.05) is 20.1 Å². The molecular weight excluding hydrogens is 268 g/mol. The van der Waals surface area contributed by atoms with Crippen molar-refractivity contribution in [2.24, 2.45) is 5.92 Å². The summed E-state index contributed by atoms with van der Waals surface area (Å²) in [5.41, 5.74) is 1.35. The fourth-order valence-corrected chi connectivity index (χ4v) is 3.13. The van der Waals surface area contributed by atoms with Crippen LogP contribution in [0.15, 0.2) is 24.3 Å². The van der Waals surface area contributed by atoms with Gasteiger partial charge in [-0.1, -0.05) is 37.6 Å². The Bertz CT molecular complexity index is 402. The maximum absolute atomic E-state index is 6.00. The smallest absolute Gasteiger partial charge is 0.0406 e. The summed E-state index contributed by atoms with van der Waals surface area (Å²) in [5, 5.41) is 4.69. The molecule has 0 radical (unpaired) electrons. The van der Waals surface area contributed by atoms with Crippen LogP contribution in [0.2, 0.25) is 5.02 Å². The van der Waals surface area contributed by atoms with Gasteiger partial charge in [0.1, 0.15) is 0 Å². The Kier molecular flexibility index (Phi) is 5.88. The summed E-state index contributed by atoms with van der Waals surface area (Å²) in [6.07, 6.45) is 3.81. The lowest BCUT2D eigenvalue weighted by Crippen LogP contribution is -2.36. The van der Waals surface area contributed by atoms with E-state index < -0.39 is 0 Å². The van der Waals surface area contributed by atoms with Gasteiger partial charge < -0.3 is 10.2 Å². The average molecular weight is 295 g/mol. The first kappa shape index (κ1) is 15.8. The molecule has 2 unspecified atom stereocenters. The third-order valence-corrected chi connectivity index (χ3v) is 4.51. The predicted molar refractivity (Wildman–Crippen MR) is 87.3 cm³/mol. The second kappa shape index (κ2) is 7.44. The van der Waals surface area contributed by atoms with Gasteiger partial charge in [0.05, 0.1) is 0 Å². The molecule has 1 saturated heterocycles. The van der Waals surface area contributed by atoms with Crippen molar-refractivity contribution in [3.05, 3.63) is 34.9 Å². The lowest BCUT2D eigenvalue weighted by Gasteiger charge is -2.28. The lowest BCUT2D eigenvalue weighted by atomic mass is 9.94. The van der Waals surface area contributed by atoms with E-state index in [-0.39, 0.29) is 0 Å². The number of rotatable bonds is 4. The molecule has 0 saturated carbocycles. The standard InChI is InChI=1S/C17H27ClN2/c1-13(2)17(14-6-8-15(18)9-7-14)19-16-5-4-11-20(3)12-10-16/h6-9,13,16-17,19H,4-5,10-12H2,1-3H3. The first-order valence-electron chi connectivity index (χ1n) is 7.76. The largest absolute Gasteiger partial charge is 0.307 e. The van der Waals surface area contributed by atoms with Crippen molar-refractivity contribution >= 4 is 11.6 Å². The minimum atomic E-state index is 0.417. The topological polar surface area (TPSA) is 15.3 Å². The van der Waals surface area contributed by atoms with Gasteiger partial charge in [-0.15, -0.1) is 0 Å². The molecule has 0 amide bonds. The highest BCUT2D eigenvalue weighted by Gasteiger charge is 2.21. The van der Waals surface area contributed by atoms with E-state index in [2.05, 4.69) is 43.2 Å². The van der Waals surface area contributed by atoms with Crippen LogP contribution >= 0.6 is 11.6 Å². The molecule has 112 valence electrons. The van der Waals surface area contributed by atoms with Crippen molar-refractivity contribution in [1.82, 2.24) is 10.2 Å². The molecule has 0 bridgehead atoms. The highest BCUT2D eigenvalue weighted by molar-refractivity contribution is 6.30. The zero-order valence-electron chi connectivity index (χ0n) is 12.9. The van der Waals surface area contributed by atoms with Gasteiger partial charge in [-0.3, -0.25) is 0 Å². The Morgan fingerprint density at radius 2 is 1.85 bits per heavy atom. The SMILES string of the molecule is CC(C)C(NC1CCCN(C)CC1)c1ccc(Cl)cc1. The number of hydrogen-bond donors (Lipinski definition) is 1. The second-order valence-electron chi connectivity index (χ2n) is 6.37. The first-order chi connectivity index (χ1) is 9.56. The molecule has 1 aliphatic rings. The quantitative estimate of drug-likeness (QED) is 0.899. The fourth-order valence-electron chi connectivity index (χ4n) is 3.00. The zero-order valence-corrected chi connectivity index (χ0v) is 13.7. The third kappa shape index (κ3) is 4.47. The molecule has 0 aliphatic carbocycles. The van der Waals surface area contributed by atoms with Crippen LogP contribution < -0.4 is 5.32 Å². The van der Waals surface area contributed by atoms with Gasteiger partial charge in [0, 0.05) is 17.1 Å². The van der Waals surface area contributed by atoms with E-state index in [4.69, 9.17) is 11.6 Å². The van der Waals surface area contributed by atoms with Crippen molar-refractivity contribution in [3.63, 3.8) is 0 Å². The molecule has 20 heavy (non-hydrogen) atoms. The molecule has 1 aromatic carbocycles. The van der Waals surface area contributed by atoms with Gasteiger partial charge >= 0.3 is 0 Å². The molecule has 2 rings (SSSR count). The second-order valence-corrected chi connectivity index (χ2v) is 6.81. The van der Waals surface area contributed by atoms with Crippen molar-refractivity contribution < 1.29 is 0 Å². The van der Waals surface area contributed by atoms with Crippen LogP contribution in [0.25, 0.3) is 0 Å². The van der Waals surface area contributed by atoms with Crippen molar-refractivity contribution in [3.8, 4) is 0 Å². The van der Waals surface area contributed by atoms with E-state index in [9.17, 15) is 0 Å². The molecule has 1 heterocycles. The molecule has 1 N–H and O–H groups in total. The van der Waals surface area contributed by atoms with E-state index >= 15 is 0 Å². The summed E-state index contributed by atoms with van der Waals surface area (Å²) in [6, 6.07) is 9.35. The summed E-state index contributed by atoms with van der Waals surface area (Å²) < 4.78 is 0. The van der Waals surface area contributed by atoms with Crippen LogP contribution in [-0.4, -0.2) is 31.1 Å². The van der Waals surface area contributed by atoms with Crippen LogP contribution in [0.1, 0.15) is 44.7 Å². The average Bonchev–Trinajstić information content (AvgIpc) is 2.62. The van der Waals surface area contributed by atoms with Crippen LogP contribution in [0.4, 0.5) is 0 Å². The minimum absolute atomic E-state index is 0.417. The molecule has 0 spiro atoms. The maximum atomic E-state index is 6.00. The van der Waals surface area contributed by atoms with Gasteiger partial charge in [-0.2, -0.15) is 0 Å². The normalized spacial score (nSPS) is 22.8. The number of benzene rings is 1. The van der Waals surface area contributed by atoms with Gasteiger partial charge in [-0.05, 0) is 63.0 Å². The van der Waals surface area contributed by atoms with E-state index in [0.717, 1.165) is 5.02 Å². The first-order valence-corrected chi connectivity index (χ1v) is 8.14. The summed E-state index contributed by atoms with van der Waals surface area (Å²) in [5.74, 6) is 0.581. The Labute approximate surface area is 128 Å². The molecule has 2 nitrogen and oxygen atoms in total. The third-order valence-electron chi connectivity index (χ3n) is 4.26. The number of halogens is 1. The van der Waals surface area contributed by atoms with Crippen molar-refractivity contribution in [2.45, 2.75) is 45.2 Å². The lowest BCUT2D eigenvalue weighted by molar-refractivity contribution is 0.321. The Morgan fingerprint density at radius 3 is 2.50 bits per heavy atom. The van der Waals surface area contributed by atoms with Crippen LogP contribution in [0.3, 0.4) is 0 Å². The van der Waals surface area contributed by atoms with Crippen LogP contribution in [-0.2, 0) is 0 Å². The monoisotopic (exact) mass is 294 g/mol. The molecule has 1 aromatic rings. The Morgan fingerprint density at radius 1 is 1.15 bits per heavy atom. The molecular formula is C17H27ClN2.